The van der Waals surface area contributed by atoms with Crippen molar-refractivity contribution in [3.63, 3.8) is 0 Å². The van der Waals surface area contributed by atoms with Crippen molar-refractivity contribution in [3.8, 4) is 5.75 Å². The molecule has 1 aliphatic rings. The SMILES string of the molecule is CCc1cccc(OCC(=O)N2CCN(c3ccccc3F)CC2)c1. The molecule has 0 radical (unpaired) electrons. The Labute approximate surface area is 147 Å². The molecule has 1 aliphatic heterocycles. The number of carbonyl (C=O) groups is 1. The molecule has 0 atom stereocenters. The largest absolute Gasteiger partial charge is 0.484 e. The van der Waals surface area contributed by atoms with Crippen LogP contribution in [-0.4, -0.2) is 43.6 Å². The lowest BCUT2D eigenvalue weighted by Crippen LogP contribution is -2.50. The number of hydrogen-bond donors (Lipinski definition) is 0. The van der Waals surface area contributed by atoms with Crippen LogP contribution in [0.15, 0.2) is 48.5 Å². The van der Waals surface area contributed by atoms with E-state index >= 15 is 0 Å². The molecule has 2 aromatic carbocycles. The zero-order valence-electron chi connectivity index (χ0n) is 14.5. The number of piperazine rings is 1. The topological polar surface area (TPSA) is 32.8 Å². The summed E-state index contributed by atoms with van der Waals surface area (Å²) >= 11 is 0. The summed E-state index contributed by atoms with van der Waals surface area (Å²) in [5.74, 6) is 0.467. The number of amides is 1. The maximum Gasteiger partial charge on any atom is 0.260 e. The van der Waals surface area contributed by atoms with Crippen molar-refractivity contribution in [2.24, 2.45) is 0 Å². The first-order valence-corrected chi connectivity index (χ1v) is 8.66. The fourth-order valence-corrected chi connectivity index (χ4v) is 3.00. The van der Waals surface area contributed by atoms with E-state index in [2.05, 4.69) is 6.92 Å². The van der Waals surface area contributed by atoms with E-state index in [0.29, 0.717) is 31.9 Å². The highest BCUT2D eigenvalue weighted by Gasteiger charge is 2.22. The van der Waals surface area contributed by atoms with Gasteiger partial charge in [0.25, 0.3) is 5.91 Å². The summed E-state index contributed by atoms with van der Waals surface area (Å²) in [5, 5.41) is 0. The second kappa shape index (κ2) is 8.01. The summed E-state index contributed by atoms with van der Waals surface area (Å²) in [6.07, 6.45) is 0.934. The van der Waals surface area contributed by atoms with Crippen LogP contribution < -0.4 is 9.64 Å². The second-order valence-electron chi connectivity index (χ2n) is 6.11. The Kier molecular flexibility index (Phi) is 5.53. The summed E-state index contributed by atoms with van der Waals surface area (Å²) in [6, 6.07) is 14.5. The van der Waals surface area contributed by atoms with E-state index in [1.165, 1.54) is 11.6 Å². The van der Waals surface area contributed by atoms with Crippen molar-refractivity contribution in [3.05, 3.63) is 59.9 Å². The van der Waals surface area contributed by atoms with Gasteiger partial charge in [0.05, 0.1) is 5.69 Å². The summed E-state index contributed by atoms with van der Waals surface area (Å²) in [5.41, 5.74) is 1.78. The van der Waals surface area contributed by atoms with Crippen LogP contribution in [-0.2, 0) is 11.2 Å². The maximum atomic E-state index is 13.9. The smallest absolute Gasteiger partial charge is 0.260 e. The number of hydrogen-bond acceptors (Lipinski definition) is 3. The van der Waals surface area contributed by atoms with Crippen LogP contribution in [0.3, 0.4) is 0 Å². The van der Waals surface area contributed by atoms with Crippen LogP contribution in [0.2, 0.25) is 0 Å². The van der Waals surface area contributed by atoms with Crippen LogP contribution in [0.4, 0.5) is 10.1 Å². The van der Waals surface area contributed by atoms with Gasteiger partial charge in [-0.1, -0.05) is 31.2 Å². The van der Waals surface area contributed by atoms with E-state index in [0.717, 1.165) is 12.2 Å². The monoisotopic (exact) mass is 342 g/mol. The van der Waals surface area contributed by atoms with Gasteiger partial charge in [0.1, 0.15) is 11.6 Å². The zero-order valence-corrected chi connectivity index (χ0v) is 14.5. The first-order valence-electron chi connectivity index (χ1n) is 8.66. The number of anilines is 1. The Morgan fingerprint density at radius 2 is 1.84 bits per heavy atom. The normalized spacial score (nSPS) is 14.5. The molecule has 5 heteroatoms. The Bertz CT molecular complexity index is 727. The first kappa shape index (κ1) is 17.3. The Morgan fingerprint density at radius 3 is 2.56 bits per heavy atom. The molecule has 132 valence electrons. The van der Waals surface area contributed by atoms with E-state index in [1.54, 1.807) is 17.0 Å². The van der Waals surface area contributed by atoms with E-state index in [-0.39, 0.29) is 18.3 Å². The molecule has 25 heavy (non-hydrogen) atoms. The minimum Gasteiger partial charge on any atom is -0.484 e. The Balaban J connectivity index is 1.50. The number of carbonyl (C=O) groups excluding carboxylic acids is 1. The second-order valence-corrected chi connectivity index (χ2v) is 6.11. The van der Waals surface area contributed by atoms with Gasteiger partial charge in [0.15, 0.2) is 6.61 Å². The quantitative estimate of drug-likeness (QED) is 0.837. The van der Waals surface area contributed by atoms with Gasteiger partial charge in [-0.25, -0.2) is 4.39 Å². The molecule has 1 fully saturated rings. The molecule has 0 bridgehead atoms. The lowest BCUT2D eigenvalue weighted by atomic mass is 10.2. The number of nitrogens with zero attached hydrogens (tertiary/aromatic N) is 2. The third kappa shape index (κ3) is 4.29. The number of halogens is 1. The van der Waals surface area contributed by atoms with E-state index in [4.69, 9.17) is 4.74 Å². The molecular weight excluding hydrogens is 319 g/mol. The minimum absolute atomic E-state index is 0.0323. The number of ether oxygens (including phenoxy) is 1. The van der Waals surface area contributed by atoms with E-state index in [9.17, 15) is 9.18 Å². The molecule has 0 aromatic heterocycles. The van der Waals surface area contributed by atoms with Crippen molar-refractivity contribution in [1.29, 1.82) is 0 Å². The third-order valence-electron chi connectivity index (χ3n) is 4.49. The number of benzene rings is 2. The molecule has 0 spiro atoms. The predicted molar refractivity (Wildman–Crippen MR) is 96.5 cm³/mol. The van der Waals surface area contributed by atoms with Crippen LogP contribution in [0.5, 0.6) is 5.75 Å². The molecule has 2 aromatic rings. The molecule has 1 amide bonds. The van der Waals surface area contributed by atoms with Gasteiger partial charge < -0.3 is 14.5 Å². The number of rotatable bonds is 5. The molecule has 1 saturated heterocycles. The van der Waals surface area contributed by atoms with Gasteiger partial charge in [-0.2, -0.15) is 0 Å². The van der Waals surface area contributed by atoms with Gasteiger partial charge in [-0.3, -0.25) is 4.79 Å². The zero-order chi connectivity index (χ0) is 17.6. The Morgan fingerprint density at radius 1 is 1.08 bits per heavy atom. The van der Waals surface area contributed by atoms with Crippen molar-refractivity contribution >= 4 is 11.6 Å². The van der Waals surface area contributed by atoms with Gasteiger partial charge in [0.2, 0.25) is 0 Å². The van der Waals surface area contributed by atoms with E-state index < -0.39 is 0 Å². The molecule has 1 heterocycles. The third-order valence-corrected chi connectivity index (χ3v) is 4.49. The highest BCUT2D eigenvalue weighted by molar-refractivity contribution is 5.78. The van der Waals surface area contributed by atoms with Crippen molar-refractivity contribution in [2.45, 2.75) is 13.3 Å². The Hall–Kier alpha value is -2.56. The standard InChI is InChI=1S/C20H23FN2O2/c1-2-16-6-5-7-17(14-16)25-15-20(24)23-12-10-22(11-13-23)19-9-4-3-8-18(19)21/h3-9,14H,2,10-13,15H2,1H3. The fraction of sp³-hybridized carbons (Fsp3) is 0.350. The summed E-state index contributed by atoms with van der Waals surface area (Å²) < 4.78 is 19.5. The van der Waals surface area contributed by atoms with Crippen LogP contribution in [0.25, 0.3) is 0 Å². The first-order chi connectivity index (χ1) is 12.2. The molecule has 0 N–H and O–H groups in total. The molecule has 0 unspecified atom stereocenters. The van der Waals surface area contributed by atoms with Crippen molar-refractivity contribution in [1.82, 2.24) is 4.90 Å². The van der Waals surface area contributed by atoms with E-state index in [1.807, 2.05) is 35.2 Å². The van der Waals surface area contributed by atoms with Crippen molar-refractivity contribution < 1.29 is 13.9 Å². The minimum atomic E-state index is -0.221. The van der Waals surface area contributed by atoms with Gasteiger partial charge >= 0.3 is 0 Å². The summed E-state index contributed by atoms with van der Waals surface area (Å²) in [7, 11) is 0. The van der Waals surface area contributed by atoms with Crippen LogP contribution in [0, 0.1) is 5.82 Å². The average molecular weight is 342 g/mol. The van der Waals surface area contributed by atoms with Crippen LogP contribution >= 0.6 is 0 Å². The molecule has 0 saturated carbocycles. The average Bonchev–Trinajstić information content (AvgIpc) is 2.67. The molecule has 4 nitrogen and oxygen atoms in total. The summed E-state index contributed by atoms with van der Waals surface area (Å²) in [4.78, 5) is 16.1. The van der Waals surface area contributed by atoms with Crippen molar-refractivity contribution in [2.75, 3.05) is 37.7 Å². The highest BCUT2D eigenvalue weighted by Crippen LogP contribution is 2.20. The molecule has 3 rings (SSSR count). The van der Waals surface area contributed by atoms with Gasteiger partial charge in [-0.15, -0.1) is 0 Å². The number of aryl methyl sites for hydroxylation is 1. The van der Waals surface area contributed by atoms with Gasteiger partial charge in [0, 0.05) is 26.2 Å². The fourth-order valence-electron chi connectivity index (χ4n) is 3.00. The van der Waals surface area contributed by atoms with Gasteiger partial charge in [-0.05, 0) is 36.2 Å². The number of para-hydroxylation sites is 1. The molecule has 0 aliphatic carbocycles. The van der Waals surface area contributed by atoms with Crippen LogP contribution in [0.1, 0.15) is 12.5 Å². The predicted octanol–water partition coefficient (Wildman–Crippen LogP) is 3.12. The lowest BCUT2D eigenvalue weighted by Gasteiger charge is -2.36. The molecular formula is C20H23FN2O2. The highest BCUT2D eigenvalue weighted by atomic mass is 19.1. The lowest BCUT2D eigenvalue weighted by molar-refractivity contribution is -0.133. The maximum absolute atomic E-state index is 13.9. The summed E-state index contributed by atoms with van der Waals surface area (Å²) in [6.45, 7) is 4.51.